The molecule has 140 valence electrons. The van der Waals surface area contributed by atoms with Gasteiger partial charge in [0.25, 0.3) is 0 Å². The first kappa shape index (κ1) is 19.5. The SMILES string of the molecule is COCOc1cc(C=Cc2cc(OC)c(OC)c(OC)c2)ccc1OC. The molecule has 6 nitrogen and oxygen atoms in total. The number of benzene rings is 2. The summed E-state index contributed by atoms with van der Waals surface area (Å²) >= 11 is 0. The fourth-order valence-electron chi connectivity index (χ4n) is 2.42. The van der Waals surface area contributed by atoms with Gasteiger partial charge in [-0.1, -0.05) is 18.2 Å². The van der Waals surface area contributed by atoms with E-state index < -0.39 is 0 Å². The smallest absolute Gasteiger partial charge is 0.203 e. The molecule has 0 radical (unpaired) electrons. The molecule has 26 heavy (non-hydrogen) atoms. The Morgan fingerprint density at radius 2 is 1.23 bits per heavy atom. The molecule has 0 bridgehead atoms. The quantitative estimate of drug-likeness (QED) is 0.500. The Labute approximate surface area is 153 Å². The van der Waals surface area contributed by atoms with Gasteiger partial charge in [0.2, 0.25) is 5.75 Å². The molecule has 0 N–H and O–H groups in total. The second-order valence-electron chi connectivity index (χ2n) is 5.25. The van der Waals surface area contributed by atoms with Crippen LogP contribution in [-0.2, 0) is 4.74 Å². The van der Waals surface area contributed by atoms with Crippen molar-refractivity contribution in [1.29, 1.82) is 0 Å². The van der Waals surface area contributed by atoms with Crippen molar-refractivity contribution in [2.45, 2.75) is 0 Å². The van der Waals surface area contributed by atoms with Crippen LogP contribution in [-0.4, -0.2) is 42.3 Å². The zero-order chi connectivity index (χ0) is 18.9. The minimum Gasteiger partial charge on any atom is -0.493 e. The van der Waals surface area contributed by atoms with E-state index in [9.17, 15) is 0 Å². The van der Waals surface area contributed by atoms with Crippen LogP contribution in [0.1, 0.15) is 11.1 Å². The van der Waals surface area contributed by atoms with Crippen molar-refractivity contribution in [1.82, 2.24) is 0 Å². The minimum absolute atomic E-state index is 0.149. The van der Waals surface area contributed by atoms with Crippen LogP contribution in [0.25, 0.3) is 12.2 Å². The first-order valence-corrected chi connectivity index (χ1v) is 7.94. The lowest BCUT2D eigenvalue weighted by molar-refractivity contribution is 0.0491. The van der Waals surface area contributed by atoms with Gasteiger partial charge in [-0.3, -0.25) is 0 Å². The molecule has 0 amide bonds. The zero-order valence-electron chi connectivity index (χ0n) is 15.7. The van der Waals surface area contributed by atoms with E-state index in [1.165, 1.54) is 0 Å². The summed E-state index contributed by atoms with van der Waals surface area (Å²) in [5, 5.41) is 0. The lowest BCUT2D eigenvalue weighted by atomic mass is 10.1. The molecule has 2 aromatic rings. The highest BCUT2D eigenvalue weighted by Gasteiger charge is 2.12. The molecule has 0 aliphatic rings. The molecule has 0 heterocycles. The Morgan fingerprint density at radius 3 is 1.77 bits per heavy atom. The summed E-state index contributed by atoms with van der Waals surface area (Å²) in [4.78, 5) is 0. The molecular formula is C20H24O6. The molecule has 2 rings (SSSR count). The minimum atomic E-state index is 0.149. The van der Waals surface area contributed by atoms with Crippen molar-refractivity contribution in [2.75, 3.05) is 42.3 Å². The van der Waals surface area contributed by atoms with Gasteiger partial charge in [-0.15, -0.1) is 0 Å². The Hall–Kier alpha value is -2.86. The van der Waals surface area contributed by atoms with Crippen LogP contribution >= 0.6 is 0 Å². The summed E-state index contributed by atoms with van der Waals surface area (Å²) in [6.45, 7) is 0.149. The van der Waals surface area contributed by atoms with E-state index in [0.29, 0.717) is 28.7 Å². The van der Waals surface area contributed by atoms with Crippen LogP contribution in [0.5, 0.6) is 28.7 Å². The highest BCUT2D eigenvalue weighted by molar-refractivity contribution is 5.73. The van der Waals surface area contributed by atoms with E-state index in [1.54, 1.807) is 35.5 Å². The molecule has 0 aliphatic heterocycles. The van der Waals surface area contributed by atoms with Gasteiger partial charge in [-0.2, -0.15) is 0 Å². The lowest BCUT2D eigenvalue weighted by Gasteiger charge is -2.13. The van der Waals surface area contributed by atoms with Crippen LogP contribution in [0.3, 0.4) is 0 Å². The monoisotopic (exact) mass is 360 g/mol. The summed E-state index contributed by atoms with van der Waals surface area (Å²) in [5.74, 6) is 3.02. The average molecular weight is 360 g/mol. The van der Waals surface area contributed by atoms with Crippen molar-refractivity contribution in [2.24, 2.45) is 0 Å². The lowest BCUT2D eigenvalue weighted by Crippen LogP contribution is -2.00. The first-order chi connectivity index (χ1) is 12.7. The van der Waals surface area contributed by atoms with Crippen LogP contribution in [0.2, 0.25) is 0 Å². The highest BCUT2D eigenvalue weighted by Crippen LogP contribution is 2.38. The number of methoxy groups -OCH3 is 5. The average Bonchev–Trinajstić information content (AvgIpc) is 2.69. The molecule has 6 heteroatoms. The van der Waals surface area contributed by atoms with Crippen molar-refractivity contribution in [3.05, 3.63) is 41.5 Å². The normalized spacial score (nSPS) is 10.7. The second kappa shape index (κ2) is 9.58. The fourth-order valence-corrected chi connectivity index (χ4v) is 2.42. The van der Waals surface area contributed by atoms with Crippen molar-refractivity contribution < 1.29 is 28.4 Å². The van der Waals surface area contributed by atoms with Gasteiger partial charge < -0.3 is 28.4 Å². The molecule has 0 spiro atoms. The first-order valence-electron chi connectivity index (χ1n) is 7.94. The van der Waals surface area contributed by atoms with E-state index in [4.69, 9.17) is 28.4 Å². The molecule has 0 saturated carbocycles. The van der Waals surface area contributed by atoms with E-state index >= 15 is 0 Å². The van der Waals surface area contributed by atoms with Gasteiger partial charge in [0.15, 0.2) is 29.8 Å². The molecule has 0 fully saturated rings. The largest absolute Gasteiger partial charge is 0.493 e. The number of hydrogen-bond acceptors (Lipinski definition) is 6. The van der Waals surface area contributed by atoms with E-state index in [-0.39, 0.29) is 6.79 Å². The number of ether oxygens (including phenoxy) is 6. The Kier molecular flexibility index (Phi) is 7.17. The topological polar surface area (TPSA) is 55.4 Å². The van der Waals surface area contributed by atoms with E-state index in [2.05, 4.69) is 0 Å². The van der Waals surface area contributed by atoms with Gasteiger partial charge in [-0.05, 0) is 35.4 Å². The van der Waals surface area contributed by atoms with Crippen LogP contribution in [0, 0.1) is 0 Å². The molecule has 0 aromatic heterocycles. The maximum absolute atomic E-state index is 5.54. The van der Waals surface area contributed by atoms with Gasteiger partial charge in [0.1, 0.15) is 0 Å². The Bertz CT molecular complexity index is 729. The highest BCUT2D eigenvalue weighted by atomic mass is 16.7. The third-order valence-electron chi connectivity index (χ3n) is 3.68. The molecule has 0 unspecified atom stereocenters. The third kappa shape index (κ3) is 4.61. The summed E-state index contributed by atoms with van der Waals surface area (Å²) < 4.78 is 31.9. The Morgan fingerprint density at radius 1 is 0.654 bits per heavy atom. The van der Waals surface area contributed by atoms with Gasteiger partial charge >= 0.3 is 0 Å². The maximum Gasteiger partial charge on any atom is 0.203 e. The summed E-state index contributed by atoms with van der Waals surface area (Å²) in [7, 11) is 7.93. The summed E-state index contributed by atoms with van der Waals surface area (Å²) in [6.07, 6.45) is 3.91. The predicted octanol–water partition coefficient (Wildman–Crippen LogP) is 3.87. The fraction of sp³-hybridized carbons (Fsp3) is 0.300. The van der Waals surface area contributed by atoms with Crippen molar-refractivity contribution in [3.63, 3.8) is 0 Å². The predicted molar refractivity (Wildman–Crippen MR) is 101 cm³/mol. The van der Waals surface area contributed by atoms with Crippen LogP contribution in [0.4, 0.5) is 0 Å². The van der Waals surface area contributed by atoms with Gasteiger partial charge in [0.05, 0.1) is 28.4 Å². The van der Waals surface area contributed by atoms with E-state index in [0.717, 1.165) is 11.1 Å². The van der Waals surface area contributed by atoms with Crippen molar-refractivity contribution in [3.8, 4) is 28.7 Å². The standard InChI is InChI=1S/C20H24O6/c1-21-13-26-17-10-14(8-9-16(17)22-2)6-7-15-11-18(23-3)20(25-5)19(12-15)24-4/h6-12H,13H2,1-5H3. The molecule has 0 aliphatic carbocycles. The molecule has 0 saturated heterocycles. The maximum atomic E-state index is 5.54. The molecular weight excluding hydrogens is 336 g/mol. The Balaban J connectivity index is 2.31. The van der Waals surface area contributed by atoms with Crippen LogP contribution < -0.4 is 23.7 Å². The molecule has 0 atom stereocenters. The number of rotatable bonds is 9. The molecule has 2 aromatic carbocycles. The van der Waals surface area contributed by atoms with Crippen LogP contribution in [0.15, 0.2) is 30.3 Å². The van der Waals surface area contributed by atoms with Crippen molar-refractivity contribution >= 4 is 12.2 Å². The summed E-state index contributed by atoms with van der Waals surface area (Å²) in [6, 6.07) is 9.42. The number of hydrogen-bond donors (Lipinski definition) is 0. The van der Waals surface area contributed by atoms with E-state index in [1.807, 2.05) is 42.5 Å². The summed E-state index contributed by atoms with van der Waals surface area (Å²) in [5.41, 5.74) is 1.86. The van der Waals surface area contributed by atoms with Gasteiger partial charge in [-0.25, -0.2) is 0 Å². The zero-order valence-corrected chi connectivity index (χ0v) is 15.7. The third-order valence-corrected chi connectivity index (χ3v) is 3.68. The van der Waals surface area contributed by atoms with Gasteiger partial charge in [0, 0.05) is 7.11 Å². The second-order valence-corrected chi connectivity index (χ2v) is 5.25.